The van der Waals surface area contributed by atoms with E-state index in [0.717, 1.165) is 16.8 Å². The molecule has 0 saturated carbocycles. The third-order valence-electron chi connectivity index (χ3n) is 4.50. The summed E-state index contributed by atoms with van der Waals surface area (Å²) in [5, 5.41) is 7.28. The molecule has 3 rings (SSSR count). The Morgan fingerprint density at radius 1 is 0.875 bits per heavy atom. The van der Waals surface area contributed by atoms with Crippen molar-refractivity contribution in [3.63, 3.8) is 0 Å². The van der Waals surface area contributed by atoms with Crippen LogP contribution in [0.5, 0.6) is 0 Å². The summed E-state index contributed by atoms with van der Waals surface area (Å²) in [6, 6.07) is 23.3. The van der Waals surface area contributed by atoms with E-state index >= 15 is 0 Å². The summed E-state index contributed by atoms with van der Waals surface area (Å²) < 4.78 is 0. The van der Waals surface area contributed by atoms with Crippen LogP contribution >= 0.6 is 11.6 Å². The van der Waals surface area contributed by atoms with Crippen molar-refractivity contribution in [1.29, 1.82) is 0 Å². The molecule has 2 amide bonds. The standard InChI is InChI=1S/C25H23ClN4O2/c1-30(2)22-14-10-18(11-15-22)16-23(28-24(31)20-6-4-3-5-7-20)25(32)29-27-17-19-8-12-21(26)13-9-19/h3-17H,1-2H3,(H,28,31)(H,29,32)/b23-16-,27-17?. The molecule has 6 nitrogen and oxygen atoms in total. The van der Waals surface area contributed by atoms with E-state index in [1.807, 2.05) is 49.3 Å². The average molecular weight is 447 g/mol. The summed E-state index contributed by atoms with van der Waals surface area (Å²) in [7, 11) is 3.89. The van der Waals surface area contributed by atoms with Crippen molar-refractivity contribution < 1.29 is 9.59 Å². The lowest BCUT2D eigenvalue weighted by molar-refractivity contribution is -0.117. The maximum atomic E-state index is 12.8. The number of hydrazone groups is 1. The SMILES string of the molecule is CN(C)c1ccc(/C=C(\NC(=O)c2ccccc2)C(=O)NN=Cc2ccc(Cl)cc2)cc1. The van der Waals surface area contributed by atoms with Crippen molar-refractivity contribution in [2.24, 2.45) is 5.10 Å². The molecule has 0 radical (unpaired) electrons. The third kappa shape index (κ3) is 6.55. The van der Waals surface area contributed by atoms with Gasteiger partial charge in [-0.3, -0.25) is 9.59 Å². The molecule has 0 saturated heterocycles. The van der Waals surface area contributed by atoms with Gasteiger partial charge in [-0.2, -0.15) is 5.10 Å². The van der Waals surface area contributed by atoms with Gasteiger partial charge in [-0.15, -0.1) is 0 Å². The van der Waals surface area contributed by atoms with E-state index in [-0.39, 0.29) is 5.70 Å². The molecule has 2 N–H and O–H groups in total. The molecule has 3 aromatic carbocycles. The summed E-state index contributed by atoms with van der Waals surface area (Å²) in [6.07, 6.45) is 3.10. The number of hydrogen-bond donors (Lipinski definition) is 2. The smallest absolute Gasteiger partial charge is 0.287 e. The van der Waals surface area contributed by atoms with Gasteiger partial charge in [0.2, 0.25) is 0 Å². The van der Waals surface area contributed by atoms with Gasteiger partial charge in [0.15, 0.2) is 0 Å². The third-order valence-corrected chi connectivity index (χ3v) is 4.75. The Hall–Kier alpha value is -3.90. The van der Waals surface area contributed by atoms with Crippen LogP contribution in [0.25, 0.3) is 6.08 Å². The van der Waals surface area contributed by atoms with Gasteiger partial charge in [0, 0.05) is 30.4 Å². The lowest BCUT2D eigenvalue weighted by Gasteiger charge is -2.12. The zero-order chi connectivity index (χ0) is 22.9. The molecule has 162 valence electrons. The first-order valence-corrected chi connectivity index (χ1v) is 10.2. The van der Waals surface area contributed by atoms with Gasteiger partial charge in [-0.05, 0) is 53.6 Å². The Labute approximate surface area is 192 Å². The van der Waals surface area contributed by atoms with Gasteiger partial charge >= 0.3 is 0 Å². The second-order valence-corrected chi connectivity index (χ2v) is 7.55. The number of halogens is 1. The Morgan fingerprint density at radius 2 is 1.50 bits per heavy atom. The molecule has 7 heteroatoms. The maximum absolute atomic E-state index is 12.8. The zero-order valence-electron chi connectivity index (χ0n) is 17.7. The van der Waals surface area contributed by atoms with Crippen LogP contribution in [-0.2, 0) is 4.79 Å². The normalized spacial score (nSPS) is 11.3. The summed E-state index contributed by atoms with van der Waals surface area (Å²) in [5.41, 5.74) is 5.53. The van der Waals surface area contributed by atoms with Gasteiger partial charge in [0.1, 0.15) is 5.70 Å². The fraction of sp³-hybridized carbons (Fsp3) is 0.0800. The Balaban J connectivity index is 1.80. The van der Waals surface area contributed by atoms with Crippen molar-refractivity contribution >= 4 is 41.4 Å². The van der Waals surface area contributed by atoms with Crippen molar-refractivity contribution in [2.75, 3.05) is 19.0 Å². The van der Waals surface area contributed by atoms with Crippen LogP contribution in [0.1, 0.15) is 21.5 Å². The van der Waals surface area contributed by atoms with Crippen LogP contribution in [0.3, 0.4) is 0 Å². The Morgan fingerprint density at radius 3 is 2.12 bits per heavy atom. The lowest BCUT2D eigenvalue weighted by Crippen LogP contribution is -2.32. The number of rotatable bonds is 7. The van der Waals surface area contributed by atoms with Crippen LogP contribution < -0.4 is 15.6 Å². The minimum atomic E-state index is -0.545. The molecule has 0 fully saturated rings. The molecule has 0 aliphatic rings. The molecule has 0 bridgehead atoms. The number of amides is 2. The highest BCUT2D eigenvalue weighted by Gasteiger charge is 2.14. The van der Waals surface area contributed by atoms with Gasteiger partial charge in [-0.25, -0.2) is 5.43 Å². The lowest BCUT2D eigenvalue weighted by atomic mass is 10.1. The summed E-state index contributed by atoms with van der Waals surface area (Å²) in [5.74, 6) is -0.935. The highest BCUT2D eigenvalue weighted by molar-refractivity contribution is 6.30. The Bertz CT molecular complexity index is 1120. The van der Waals surface area contributed by atoms with E-state index in [2.05, 4.69) is 15.8 Å². The first kappa shape index (κ1) is 22.8. The van der Waals surface area contributed by atoms with Crippen molar-refractivity contribution in [1.82, 2.24) is 10.7 Å². The molecule has 0 aliphatic heterocycles. The topological polar surface area (TPSA) is 73.8 Å². The average Bonchev–Trinajstić information content (AvgIpc) is 2.80. The minimum Gasteiger partial charge on any atom is -0.378 e. The fourth-order valence-electron chi connectivity index (χ4n) is 2.75. The molecular weight excluding hydrogens is 424 g/mol. The second-order valence-electron chi connectivity index (χ2n) is 7.11. The minimum absolute atomic E-state index is 0.0738. The first-order valence-electron chi connectivity index (χ1n) is 9.87. The van der Waals surface area contributed by atoms with E-state index in [0.29, 0.717) is 10.6 Å². The van der Waals surface area contributed by atoms with Crippen molar-refractivity contribution in [3.8, 4) is 0 Å². The molecule has 3 aromatic rings. The fourth-order valence-corrected chi connectivity index (χ4v) is 2.88. The van der Waals surface area contributed by atoms with Crippen LogP contribution in [0, 0.1) is 0 Å². The quantitative estimate of drug-likeness (QED) is 0.322. The Kier molecular flexibility index (Phi) is 7.78. The number of anilines is 1. The number of carbonyl (C=O) groups excluding carboxylic acids is 2. The van der Waals surface area contributed by atoms with Crippen LogP contribution in [-0.4, -0.2) is 32.1 Å². The first-order chi connectivity index (χ1) is 15.4. The highest BCUT2D eigenvalue weighted by Crippen LogP contribution is 2.15. The zero-order valence-corrected chi connectivity index (χ0v) is 18.5. The molecule has 0 atom stereocenters. The van der Waals surface area contributed by atoms with E-state index in [1.165, 1.54) is 6.21 Å². The monoisotopic (exact) mass is 446 g/mol. The van der Waals surface area contributed by atoms with E-state index in [9.17, 15) is 9.59 Å². The predicted octanol–water partition coefficient (Wildman–Crippen LogP) is 4.33. The van der Waals surface area contributed by atoms with E-state index < -0.39 is 11.8 Å². The predicted molar refractivity (Wildman–Crippen MR) is 130 cm³/mol. The van der Waals surface area contributed by atoms with Gasteiger partial charge in [0.05, 0.1) is 6.21 Å². The number of nitrogens with zero attached hydrogens (tertiary/aromatic N) is 2. The van der Waals surface area contributed by atoms with Gasteiger partial charge < -0.3 is 10.2 Å². The molecule has 32 heavy (non-hydrogen) atoms. The molecule has 0 unspecified atom stereocenters. The number of nitrogens with one attached hydrogen (secondary N) is 2. The van der Waals surface area contributed by atoms with Crippen molar-refractivity contribution in [3.05, 3.63) is 106 Å². The second kappa shape index (κ2) is 10.9. The highest BCUT2D eigenvalue weighted by atomic mass is 35.5. The van der Waals surface area contributed by atoms with Gasteiger partial charge in [-0.1, -0.05) is 54.1 Å². The maximum Gasteiger partial charge on any atom is 0.287 e. The van der Waals surface area contributed by atoms with Crippen LogP contribution in [0.4, 0.5) is 5.69 Å². The summed E-state index contributed by atoms with van der Waals surface area (Å²) in [6.45, 7) is 0. The van der Waals surface area contributed by atoms with Crippen LogP contribution in [0.15, 0.2) is 89.7 Å². The summed E-state index contributed by atoms with van der Waals surface area (Å²) in [4.78, 5) is 27.4. The molecule has 0 aliphatic carbocycles. The molecule has 0 spiro atoms. The van der Waals surface area contributed by atoms with Crippen molar-refractivity contribution in [2.45, 2.75) is 0 Å². The number of hydrogen-bond acceptors (Lipinski definition) is 4. The number of carbonyl (C=O) groups is 2. The van der Waals surface area contributed by atoms with E-state index in [1.54, 1.807) is 54.6 Å². The molecule has 0 aromatic heterocycles. The van der Waals surface area contributed by atoms with Gasteiger partial charge in [0.25, 0.3) is 11.8 Å². The molecule has 0 heterocycles. The largest absolute Gasteiger partial charge is 0.378 e. The van der Waals surface area contributed by atoms with E-state index in [4.69, 9.17) is 11.6 Å². The molecular formula is C25H23ClN4O2. The van der Waals surface area contributed by atoms with Crippen LogP contribution in [0.2, 0.25) is 5.02 Å². The number of benzene rings is 3. The summed E-state index contributed by atoms with van der Waals surface area (Å²) >= 11 is 5.88.